The van der Waals surface area contributed by atoms with Gasteiger partial charge in [0.05, 0.1) is 45.0 Å². The normalized spacial score (nSPS) is 11.6. The Hall–Kier alpha value is -8.67. The molecule has 0 fully saturated rings. The minimum Gasteiger partial charge on any atom is -0.492 e. The number of aromatic hydroxyl groups is 3. The Bertz CT molecular complexity index is 2900. The van der Waals surface area contributed by atoms with E-state index in [0.717, 1.165) is 66.5 Å². The predicted octanol–water partition coefficient (Wildman–Crippen LogP) is 4.21. The molecule has 0 radical (unpaired) electrons. The van der Waals surface area contributed by atoms with Crippen LogP contribution in [0.3, 0.4) is 0 Å². The van der Waals surface area contributed by atoms with E-state index < -0.39 is 75.8 Å². The Morgan fingerprint density at radius 2 is 0.889 bits per heavy atom. The van der Waals surface area contributed by atoms with Crippen LogP contribution in [0.5, 0.6) is 17.8 Å². The van der Waals surface area contributed by atoms with E-state index in [0.29, 0.717) is 0 Å². The number of nitrogens with zero attached hydrogens (tertiary/aromatic N) is 17. The monoisotopic (exact) mass is 899 g/mol. The molecule has 0 aliphatic carbocycles. The number of aryl methyl sites for hydroxylation is 2. The molecule has 5 aromatic heterocycles. The third-order valence-electron chi connectivity index (χ3n) is 8.39. The molecule has 0 aliphatic rings. The maximum absolute atomic E-state index is 11.8. The number of carboxylic acids is 4. The second-order valence-electron chi connectivity index (χ2n) is 12.3. The first-order valence-corrected chi connectivity index (χ1v) is 19.5. The fourth-order valence-corrected chi connectivity index (χ4v) is 6.20. The van der Waals surface area contributed by atoms with Gasteiger partial charge in [0.25, 0.3) is 23.8 Å². The number of aromatic nitrogens is 13. The zero-order chi connectivity index (χ0) is 45.4. The second-order valence-corrected chi connectivity index (χ2v) is 13.8. The molecule has 28 nitrogen and oxygen atoms in total. The average molecular weight is 900 g/mol. The number of carboxylic acid groups (broad SMARTS) is 4. The first kappa shape index (κ1) is 42.5. The van der Waals surface area contributed by atoms with Gasteiger partial charge in [-0.25, -0.2) is 19.2 Å². The van der Waals surface area contributed by atoms with Gasteiger partial charge in [0.15, 0.2) is 11.4 Å². The molecule has 0 saturated heterocycles. The molecule has 0 unspecified atom stereocenters. The van der Waals surface area contributed by atoms with Crippen molar-refractivity contribution in [2.75, 3.05) is 12.5 Å². The Balaban J connectivity index is 1.21. The molecule has 2 aromatic carbocycles. The molecule has 7 aromatic rings. The Morgan fingerprint density at radius 3 is 1.24 bits per heavy atom. The van der Waals surface area contributed by atoms with E-state index in [1.165, 1.54) is 26.0 Å². The number of aromatic carboxylic acids is 4. The molecule has 0 bridgehead atoms. The van der Waals surface area contributed by atoms with Crippen molar-refractivity contribution in [3.63, 3.8) is 0 Å². The van der Waals surface area contributed by atoms with Crippen LogP contribution < -0.4 is 0 Å². The van der Waals surface area contributed by atoms with Crippen LogP contribution >= 0.6 is 23.5 Å². The lowest BCUT2D eigenvalue weighted by Gasteiger charge is -2.06. The van der Waals surface area contributed by atoms with Crippen molar-refractivity contribution < 1.29 is 54.9 Å². The standard InChI is InChI=1S/C33H25N17O11S2/c1-11-19(39-41-29-37-32(62-3)45-47(29)13-5-7-15(23(53)54)17(9-13)25(57)58)21(51)49(43-11)27-34-28(36-31(61)35-27)50-22(52)20(12(2)44-50)40-42-30-38-33(63-4)46-48(30)14-6-8-16(24(55)56)18(10-14)26(59)60/h5-10,51-52H,1-4H3,(H,53,54)(H,55,56)(H,57,58)(H,59,60)(H,34,35,36,61). The molecular formula is C33H25N17O11S2. The van der Waals surface area contributed by atoms with Crippen molar-refractivity contribution in [3.05, 3.63) is 70.0 Å². The van der Waals surface area contributed by atoms with Crippen molar-refractivity contribution >= 4 is 70.7 Å². The van der Waals surface area contributed by atoms with Gasteiger partial charge >= 0.3 is 29.9 Å². The van der Waals surface area contributed by atoms with Gasteiger partial charge in [-0.1, -0.05) is 23.5 Å². The van der Waals surface area contributed by atoms with Crippen LogP contribution in [0, 0.1) is 13.8 Å². The molecule has 30 heteroatoms. The highest BCUT2D eigenvalue weighted by Crippen LogP contribution is 2.36. The summed E-state index contributed by atoms with van der Waals surface area (Å²) < 4.78 is 3.74. The topological polar surface area (TPSA) is 395 Å². The zero-order valence-corrected chi connectivity index (χ0v) is 33.8. The lowest BCUT2D eigenvalue weighted by atomic mass is 10.1. The van der Waals surface area contributed by atoms with Gasteiger partial charge in [-0.05, 0) is 62.8 Å². The van der Waals surface area contributed by atoms with Crippen LogP contribution in [0.2, 0.25) is 0 Å². The molecule has 0 saturated carbocycles. The molecule has 5 heterocycles. The fraction of sp³-hybridized carbons (Fsp3) is 0.121. The number of rotatable bonds is 14. The van der Waals surface area contributed by atoms with Crippen molar-refractivity contribution in [2.45, 2.75) is 24.2 Å². The molecular weight excluding hydrogens is 875 g/mol. The van der Waals surface area contributed by atoms with Crippen LogP contribution in [-0.4, -0.2) is 136 Å². The van der Waals surface area contributed by atoms with Gasteiger partial charge in [0, 0.05) is 0 Å². The second kappa shape index (κ2) is 16.8. The van der Waals surface area contributed by atoms with Crippen LogP contribution in [0.4, 0.5) is 23.3 Å². The summed E-state index contributed by atoms with van der Waals surface area (Å²) in [5, 5.41) is 105. The van der Waals surface area contributed by atoms with Crippen LogP contribution in [0.15, 0.2) is 67.2 Å². The van der Waals surface area contributed by atoms with E-state index in [-0.39, 0.29) is 56.3 Å². The number of carbonyl (C=O) groups is 4. The number of hydrogen-bond donors (Lipinski definition) is 7. The van der Waals surface area contributed by atoms with E-state index in [1.54, 1.807) is 12.5 Å². The number of azo groups is 2. The Morgan fingerprint density at radius 1 is 0.508 bits per heavy atom. The van der Waals surface area contributed by atoms with Gasteiger partial charge in [-0.2, -0.15) is 53.8 Å². The minimum atomic E-state index is -1.50. The Labute approximate surface area is 357 Å². The van der Waals surface area contributed by atoms with Gasteiger partial charge in [-0.3, -0.25) is 0 Å². The first-order chi connectivity index (χ1) is 30.0. The maximum atomic E-state index is 11.8. The smallest absolute Gasteiger partial charge is 0.336 e. The predicted molar refractivity (Wildman–Crippen MR) is 211 cm³/mol. The average Bonchev–Trinajstić information content (AvgIpc) is 4.01. The van der Waals surface area contributed by atoms with E-state index in [2.05, 4.69) is 65.8 Å². The first-order valence-electron chi connectivity index (χ1n) is 17.1. The van der Waals surface area contributed by atoms with E-state index in [9.17, 15) is 54.9 Å². The highest BCUT2D eigenvalue weighted by molar-refractivity contribution is 7.98. The van der Waals surface area contributed by atoms with Crippen LogP contribution in [0.1, 0.15) is 52.8 Å². The molecule has 7 N–H and O–H groups in total. The maximum Gasteiger partial charge on any atom is 0.336 e. The summed E-state index contributed by atoms with van der Waals surface area (Å²) >= 11 is 2.23. The third kappa shape index (κ3) is 8.15. The summed E-state index contributed by atoms with van der Waals surface area (Å²) in [6.45, 7) is 2.88. The molecule has 0 spiro atoms. The summed E-state index contributed by atoms with van der Waals surface area (Å²) in [4.78, 5) is 67.1. The summed E-state index contributed by atoms with van der Waals surface area (Å²) in [5.74, 6) is -8.68. The van der Waals surface area contributed by atoms with E-state index in [1.807, 2.05) is 0 Å². The molecule has 0 aliphatic heterocycles. The number of hydrogen-bond acceptors (Lipinski definition) is 22. The minimum absolute atomic E-state index is 0.0582. The zero-order valence-electron chi connectivity index (χ0n) is 32.1. The van der Waals surface area contributed by atoms with Gasteiger partial charge in [-0.15, -0.1) is 30.7 Å². The summed E-state index contributed by atoms with van der Waals surface area (Å²) in [5.41, 5.74) is -2.16. The quantitative estimate of drug-likeness (QED) is 0.0593. The summed E-state index contributed by atoms with van der Waals surface area (Å²) in [6, 6.07) is 6.00. The van der Waals surface area contributed by atoms with Crippen molar-refractivity contribution in [1.29, 1.82) is 0 Å². The molecule has 320 valence electrons. The molecule has 0 amide bonds. The number of thioether (sulfide) groups is 2. The SMILES string of the molecule is CSc1nc(N=Nc2c(C)nn(-c3nc(O)nc(-n4nc(C)c(N=Nc5nc(SC)nn5-c5ccc(C(=O)O)c(C(=O)O)c5)c4O)n3)c2O)n(-c2ccc(C(=O)O)c(C(=O)O)c2)n1. The van der Waals surface area contributed by atoms with Crippen molar-refractivity contribution in [1.82, 2.24) is 64.0 Å². The highest BCUT2D eigenvalue weighted by Gasteiger charge is 2.25. The molecule has 0 atom stereocenters. The Kier molecular flexibility index (Phi) is 11.3. The lowest BCUT2D eigenvalue weighted by molar-refractivity contribution is 0.0651. The van der Waals surface area contributed by atoms with E-state index in [4.69, 9.17) is 0 Å². The van der Waals surface area contributed by atoms with Crippen molar-refractivity contribution in [3.8, 4) is 41.0 Å². The van der Waals surface area contributed by atoms with Gasteiger partial charge < -0.3 is 35.7 Å². The molecule has 7 rings (SSSR count). The molecule has 63 heavy (non-hydrogen) atoms. The summed E-state index contributed by atoms with van der Waals surface area (Å²) in [7, 11) is 0. The van der Waals surface area contributed by atoms with Crippen molar-refractivity contribution in [2.24, 2.45) is 20.5 Å². The highest BCUT2D eigenvalue weighted by atomic mass is 32.2. The fourth-order valence-electron chi connectivity index (χ4n) is 5.52. The third-order valence-corrected chi connectivity index (χ3v) is 9.47. The number of benzene rings is 2. The van der Waals surface area contributed by atoms with E-state index >= 15 is 0 Å². The van der Waals surface area contributed by atoms with Crippen LogP contribution in [0.25, 0.3) is 23.3 Å². The lowest BCUT2D eigenvalue weighted by Crippen LogP contribution is -2.10. The van der Waals surface area contributed by atoms with Gasteiger partial charge in [0.2, 0.25) is 22.1 Å². The van der Waals surface area contributed by atoms with Crippen LogP contribution in [-0.2, 0) is 0 Å². The summed E-state index contributed by atoms with van der Waals surface area (Å²) in [6.07, 6.45) is 3.32. The largest absolute Gasteiger partial charge is 0.492 e. The van der Waals surface area contributed by atoms with Gasteiger partial charge in [0.1, 0.15) is 0 Å².